The SMILES string of the molecule is O=C([C@H]1C[C@H](Oc2cccc(F)c2)CN1C(=O)O)N1CCCN(C2CCC2)CC1. The third-order valence-electron chi connectivity index (χ3n) is 6.33. The van der Waals surface area contributed by atoms with Crippen LogP contribution in [0, 0.1) is 5.82 Å². The fourth-order valence-corrected chi connectivity index (χ4v) is 4.55. The average Bonchev–Trinajstić information content (AvgIpc) is 2.91. The molecule has 2 aliphatic heterocycles. The Morgan fingerprint density at radius 1 is 1.10 bits per heavy atom. The molecule has 158 valence electrons. The van der Waals surface area contributed by atoms with Crippen molar-refractivity contribution in [2.75, 3.05) is 32.7 Å². The average molecular weight is 405 g/mol. The molecule has 1 N–H and O–H groups in total. The zero-order valence-corrected chi connectivity index (χ0v) is 16.5. The van der Waals surface area contributed by atoms with Crippen molar-refractivity contribution in [3.8, 4) is 5.75 Å². The van der Waals surface area contributed by atoms with E-state index >= 15 is 0 Å². The van der Waals surface area contributed by atoms with Gasteiger partial charge in [0.1, 0.15) is 23.7 Å². The van der Waals surface area contributed by atoms with E-state index in [2.05, 4.69) is 4.90 Å². The van der Waals surface area contributed by atoms with Gasteiger partial charge in [-0.25, -0.2) is 9.18 Å². The van der Waals surface area contributed by atoms with Gasteiger partial charge in [-0.15, -0.1) is 0 Å². The number of ether oxygens (including phenoxy) is 1. The monoisotopic (exact) mass is 405 g/mol. The van der Waals surface area contributed by atoms with E-state index in [1.54, 1.807) is 12.1 Å². The van der Waals surface area contributed by atoms with Crippen LogP contribution in [0.4, 0.5) is 9.18 Å². The molecule has 29 heavy (non-hydrogen) atoms. The number of nitrogens with zero attached hydrogens (tertiary/aromatic N) is 3. The number of halogens is 1. The van der Waals surface area contributed by atoms with Gasteiger partial charge in [0.05, 0.1) is 6.54 Å². The number of carboxylic acid groups (broad SMARTS) is 1. The molecule has 3 fully saturated rings. The predicted octanol–water partition coefficient (Wildman–Crippen LogP) is 2.41. The second-order valence-electron chi connectivity index (χ2n) is 8.18. The molecule has 1 aromatic rings. The van der Waals surface area contributed by atoms with Crippen LogP contribution in [-0.2, 0) is 4.79 Å². The number of hydrogen-bond acceptors (Lipinski definition) is 4. The van der Waals surface area contributed by atoms with E-state index in [-0.39, 0.29) is 18.9 Å². The van der Waals surface area contributed by atoms with Crippen molar-refractivity contribution in [3.63, 3.8) is 0 Å². The Morgan fingerprint density at radius 2 is 1.93 bits per heavy atom. The molecule has 0 spiro atoms. The minimum Gasteiger partial charge on any atom is -0.488 e. The molecule has 0 unspecified atom stereocenters. The van der Waals surface area contributed by atoms with E-state index in [9.17, 15) is 19.1 Å². The number of hydrogen-bond donors (Lipinski definition) is 1. The lowest BCUT2D eigenvalue weighted by Crippen LogP contribution is -2.49. The maximum atomic E-state index is 13.4. The van der Waals surface area contributed by atoms with Crippen LogP contribution in [0.25, 0.3) is 0 Å². The Kier molecular flexibility index (Phi) is 5.89. The molecule has 3 aliphatic rings. The Labute approximate surface area is 170 Å². The van der Waals surface area contributed by atoms with Gasteiger partial charge in [0.2, 0.25) is 5.91 Å². The minimum atomic E-state index is -1.13. The highest BCUT2D eigenvalue weighted by Crippen LogP contribution is 2.27. The summed E-state index contributed by atoms with van der Waals surface area (Å²) < 4.78 is 19.2. The van der Waals surface area contributed by atoms with Gasteiger partial charge in [0.15, 0.2) is 0 Å². The van der Waals surface area contributed by atoms with Gasteiger partial charge in [-0.1, -0.05) is 12.5 Å². The number of carbonyl (C=O) groups excluding carboxylic acids is 1. The molecule has 0 bridgehead atoms. The second-order valence-corrected chi connectivity index (χ2v) is 8.18. The standard InChI is InChI=1S/C21H28FN3O4/c22-15-4-1-7-17(12-15)29-18-13-19(25(14-18)21(27)28)20(26)24-9-3-8-23(10-11-24)16-5-2-6-16/h1,4,7,12,16,18-19H,2-3,5-6,8-11,13-14H2,(H,27,28)/t18-,19+/m0/s1. The van der Waals surface area contributed by atoms with Crippen LogP contribution in [-0.4, -0.2) is 82.7 Å². The van der Waals surface area contributed by atoms with Crippen LogP contribution in [0.3, 0.4) is 0 Å². The Balaban J connectivity index is 1.40. The first-order chi connectivity index (χ1) is 14.0. The van der Waals surface area contributed by atoms with E-state index in [1.165, 1.54) is 36.3 Å². The van der Waals surface area contributed by atoms with Crippen LogP contribution in [0.15, 0.2) is 24.3 Å². The highest BCUT2D eigenvalue weighted by atomic mass is 19.1. The summed E-state index contributed by atoms with van der Waals surface area (Å²) in [5, 5.41) is 9.60. The maximum absolute atomic E-state index is 13.4. The number of benzene rings is 1. The summed E-state index contributed by atoms with van der Waals surface area (Å²) in [6.07, 6.45) is 3.35. The topological polar surface area (TPSA) is 73.3 Å². The van der Waals surface area contributed by atoms with Gasteiger partial charge in [0, 0.05) is 44.7 Å². The van der Waals surface area contributed by atoms with E-state index in [0.717, 1.165) is 19.5 Å². The molecule has 2 heterocycles. The fourth-order valence-electron chi connectivity index (χ4n) is 4.55. The number of rotatable bonds is 4. The van der Waals surface area contributed by atoms with E-state index in [4.69, 9.17) is 4.74 Å². The first kappa shape index (κ1) is 19.9. The van der Waals surface area contributed by atoms with Crippen LogP contribution >= 0.6 is 0 Å². The summed E-state index contributed by atoms with van der Waals surface area (Å²) in [4.78, 5) is 30.4. The van der Waals surface area contributed by atoms with Crippen molar-refractivity contribution < 1.29 is 23.8 Å². The largest absolute Gasteiger partial charge is 0.488 e. The van der Waals surface area contributed by atoms with Gasteiger partial charge < -0.3 is 14.7 Å². The van der Waals surface area contributed by atoms with E-state index < -0.39 is 24.1 Å². The smallest absolute Gasteiger partial charge is 0.408 e. The van der Waals surface area contributed by atoms with Gasteiger partial charge in [-0.3, -0.25) is 14.6 Å². The van der Waals surface area contributed by atoms with Crippen molar-refractivity contribution in [1.29, 1.82) is 0 Å². The Morgan fingerprint density at radius 3 is 2.62 bits per heavy atom. The molecule has 2 amide bonds. The molecule has 1 aliphatic carbocycles. The van der Waals surface area contributed by atoms with Crippen LogP contribution < -0.4 is 4.74 Å². The summed E-state index contributed by atoms with van der Waals surface area (Å²) in [5.41, 5.74) is 0. The third-order valence-corrected chi connectivity index (χ3v) is 6.33. The van der Waals surface area contributed by atoms with E-state index in [1.807, 2.05) is 4.90 Å². The predicted molar refractivity (Wildman–Crippen MR) is 104 cm³/mol. The summed E-state index contributed by atoms with van der Waals surface area (Å²) in [5.74, 6) is -0.212. The lowest BCUT2D eigenvalue weighted by Gasteiger charge is -2.36. The summed E-state index contributed by atoms with van der Waals surface area (Å²) >= 11 is 0. The Bertz CT molecular complexity index is 757. The zero-order chi connectivity index (χ0) is 20.4. The van der Waals surface area contributed by atoms with Gasteiger partial charge in [0.25, 0.3) is 0 Å². The molecule has 1 saturated carbocycles. The maximum Gasteiger partial charge on any atom is 0.408 e. The lowest BCUT2D eigenvalue weighted by molar-refractivity contribution is -0.135. The molecule has 0 radical (unpaired) electrons. The third kappa shape index (κ3) is 4.47. The van der Waals surface area contributed by atoms with Gasteiger partial charge in [-0.05, 0) is 31.4 Å². The molecule has 8 heteroatoms. The van der Waals surface area contributed by atoms with Crippen LogP contribution in [0.5, 0.6) is 5.75 Å². The summed E-state index contributed by atoms with van der Waals surface area (Å²) in [7, 11) is 0. The lowest BCUT2D eigenvalue weighted by atomic mass is 9.91. The van der Waals surface area contributed by atoms with Crippen molar-refractivity contribution in [2.24, 2.45) is 0 Å². The first-order valence-corrected chi connectivity index (χ1v) is 10.5. The number of amides is 2. The first-order valence-electron chi connectivity index (χ1n) is 10.5. The zero-order valence-electron chi connectivity index (χ0n) is 16.5. The van der Waals surface area contributed by atoms with Crippen molar-refractivity contribution >= 4 is 12.0 Å². The van der Waals surface area contributed by atoms with Crippen molar-refractivity contribution in [1.82, 2.24) is 14.7 Å². The summed E-state index contributed by atoms with van der Waals surface area (Å²) in [6, 6.07) is 5.67. The van der Waals surface area contributed by atoms with Crippen molar-refractivity contribution in [3.05, 3.63) is 30.1 Å². The Hall–Kier alpha value is -2.35. The van der Waals surface area contributed by atoms with Crippen LogP contribution in [0.1, 0.15) is 32.1 Å². The van der Waals surface area contributed by atoms with Gasteiger partial charge in [-0.2, -0.15) is 0 Å². The van der Waals surface area contributed by atoms with E-state index in [0.29, 0.717) is 24.9 Å². The molecular formula is C21H28FN3O4. The molecule has 1 aromatic carbocycles. The molecule has 4 rings (SSSR count). The molecule has 7 nitrogen and oxygen atoms in total. The highest BCUT2D eigenvalue weighted by molar-refractivity contribution is 5.86. The molecule has 2 atom stereocenters. The molecular weight excluding hydrogens is 377 g/mol. The van der Waals surface area contributed by atoms with Crippen LogP contribution in [0.2, 0.25) is 0 Å². The number of likely N-dealkylation sites (tertiary alicyclic amines) is 1. The number of carbonyl (C=O) groups is 2. The fraction of sp³-hybridized carbons (Fsp3) is 0.619. The van der Waals surface area contributed by atoms with Crippen molar-refractivity contribution in [2.45, 2.75) is 50.3 Å². The molecule has 0 aromatic heterocycles. The quantitative estimate of drug-likeness (QED) is 0.833. The molecule has 2 saturated heterocycles. The summed E-state index contributed by atoms with van der Waals surface area (Å²) in [6.45, 7) is 3.23. The highest BCUT2D eigenvalue weighted by Gasteiger charge is 2.43. The van der Waals surface area contributed by atoms with Gasteiger partial charge >= 0.3 is 6.09 Å². The second kappa shape index (κ2) is 8.57. The minimum absolute atomic E-state index is 0.101. The normalized spacial score (nSPS) is 26.1.